The smallest absolute Gasteiger partial charge is 0.00923 e. The highest BCUT2D eigenvalue weighted by atomic mass is 14.9. The Hall–Kier alpha value is -0.0400. The van der Waals surface area contributed by atoms with E-state index in [0.29, 0.717) is 5.41 Å². The quantitative estimate of drug-likeness (QED) is 0.725. The lowest BCUT2D eigenvalue weighted by atomic mass is 9.86. The van der Waals surface area contributed by atoms with E-state index < -0.39 is 0 Å². The van der Waals surface area contributed by atoms with Gasteiger partial charge in [-0.25, -0.2) is 0 Å². The Morgan fingerprint density at radius 1 is 1.20 bits per heavy atom. The molecule has 1 aliphatic carbocycles. The van der Waals surface area contributed by atoms with Gasteiger partial charge in [0, 0.05) is 6.04 Å². The summed E-state index contributed by atoms with van der Waals surface area (Å²) in [7, 11) is 2.14. The van der Waals surface area contributed by atoms with Crippen molar-refractivity contribution in [3.63, 3.8) is 0 Å². The zero-order valence-corrected chi connectivity index (χ0v) is 11.1. The molecule has 0 spiro atoms. The van der Waals surface area contributed by atoms with Gasteiger partial charge >= 0.3 is 0 Å². The van der Waals surface area contributed by atoms with Gasteiger partial charge < -0.3 is 5.32 Å². The lowest BCUT2D eigenvalue weighted by molar-refractivity contribution is 0.308. The molecule has 0 radical (unpaired) electrons. The van der Waals surface area contributed by atoms with Crippen molar-refractivity contribution < 1.29 is 0 Å². The van der Waals surface area contributed by atoms with E-state index in [1.807, 2.05) is 0 Å². The maximum Gasteiger partial charge on any atom is 0.00923 e. The lowest BCUT2D eigenvalue weighted by Gasteiger charge is -2.25. The SMILES string of the molecule is CNC(CCCC(C)(C)C)C1CCCC1. The van der Waals surface area contributed by atoms with Gasteiger partial charge in [0.15, 0.2) is 0 Å². The summed E-state index contributed by atoms with van der Waals surface area (Å²) >= 11 is 0. The third-order valence-corrected chi connectivity index (χ3v) is 3.78. The molecule has 0 bridgehead atoms. The summed E-state index contributed by atoms with van der Waals surface area (Å²) in [4.78, 5) is 0. The number of nitrogens with one attached hydrogen (secondary N) is 1. The van der Waals surface area contributed by atoms with Crippen molar-refractivity contribution in [1.29, 1.82) is 0 Å². The van der Waals surface area contributed by atoms with Gasteiger partial charge in [-0.3, -0.25) is 0 Å². The standard InChI is InChI=1S/C14H29N/c1-14(2,3)11-7-10-13(15-4)12-8-5-6-9-12/h12-13,15H,5-11H2,1-4H3. The molecule has 1 fully saturated rings. The monoisotopic (exact) mass is 211 g/mol. The molecule has 0 aromatic rings. The minimum absolute atomic E-state index is 0.508. The van der Waals surface area contributed by atoms with Crippen LogP contribution >= 0.6 is 0 Å². The zero-order chi connectivity index (χ0) is 11.3. The molecule has 1 saturated carbocycles. The van der Waals surface area contributed by atoms with Crippen LogP contribution in [0.5, 0.6) is 0 Å². The predicted molar refractivity (Wildman–Crippen MR) is 68.1 cm³/mol. The summed E-state index contributed by atoms with van der Waals surface area (Å²) in [6, 6.07) is 0.787. The van der Waals surface area contributed by atoms with E-state index in [4.69, 9.17) is 0 Å². The van der Waals surface area contributed by atoms with Gasteiger partial charge in [0.1, 0.15) is 0 Å². The average Bonchev–Trinajstić information content (AvgIpc) is 2.63. The molecule has 0 aromatic carbocycles. The van der Waals surface area contributed by atoms with E-state index in [1.165, 1.54) is 44.9 Å². The minimum Gasteiger partial charge on any atom is -0.317 e. The normalized spacial score (nSPS) is 20.8. The maximum atomic E-state index is 3.53. The van der Waals surface area contributed by atoms with E-state index in [9.17, 15) is 0 Å². The Morgan fingerprint density at radius 2 is 1.80 bits per heavy atom. The molecule has 15 heavy (non-hydrogen) atoms. The Bertz CT molecular complexity index is 163. The first-order chi connectivity index (χ1) is 7.03. The molecule has 0 amide bonds. The fraction of sp³-hybridized carbons (Fsp3) is 1.00. The van der Waals surface area contributed by atoms with Gasteiger partial charge in [-0.15, -0.1) is 0 Å². The molecular weight excluding hydrogens is 182 g/mol. The van der Waals surface area contributed by atoms with Gasteiger partial charge in [-0.2, -0.15) is 0 Å². The van der Waals surface area contributed by atoms with Gasteiger partial charge in [-0.05, 0) is 44.1 Å². The van der Waals surface area contributed by atoms with Gasteiger partial charge in [0.05, 0.1) is 0 Å². The predicted octanol–water partition coefficient (Wildman–Crippen LogP) is 3.98. The molecule has 1 nitrogen and oxygen atoms in total. The van der Waals surface area contributed by atoms with Crippen LogP contribution in [0.2, 0.25) is 0 Å². The lowest BCUT2D eigenvalue weighted by Crippen LogP contribution is -2.32. The molecule has 90 valence electrons. The van der Waals surface area contributed by atoms with Crippen LogP contribution in [0, 0.1) is 11.3 Å². The van der Waals surface area contributed by atoms with Crippen LogP contribution in [0.4, 0.5) is 0 Å². The van der Waals surface area contributed by atoms with E-state index in [2.05, 4.69) is 33.1 Å². The Kier molecular flexibility index (Phi) is 5.11. The van der Waals surface area contributed by atoms with Crippen LogP contribution in [0.25, 0.3) is 0 Å². The Balaban J connectivity index is 2.21. The van der Waals surface area contributed by atoms with Crippen LogP contribution < -0.4 is 5.32 Å². The molecule has 1 rings (SSSR count). The Labute approximate surface area is 96.0 Å². The summed E-state index contributed by atoms with van der Waals surface area (Å²) in [5.41, 5.74) is 0.508. The first kappa shape index (κ1) is 13.0. The number of hydrogen-bond donors (Lipinski definition) is 1. The summed E-state index contributed by atoms with van der Waals surface area (Å²) in [6.07, 6.45) is 9.95. The summed E-state index contributed by atoms with van der Waals surface area (Å²) < 4.78 is 0. The molecule has 1 heteroatoms. The van der Waals surface area contributed by atoms with Gasteiger partial charge in [0.25, 0.3) is 0 Å². The summed E-state index contributed by atoms with van der Waals surface area (Å²) in [5, 5.41) is 3.53. The molecule has 0 aliphatic heterocycles. The molecule has 0 saturated heterocycles. The fourth-order valence-corrected chi connectivity index (χ4v) is 2.83. The van der Waals surface area contributed by atoms with Crippen LogP contribution in [-0.4, -0.2) is 13.1 Å². The van der Waals surface area contributed by atoms with Crippen molar-refractivity contribution in [2.45, 2.75) is 71.8 Å². The van der Waals surface area contributed by atoms with E-state index in [-0.39, 0.29) is 0 Å². The van der Waals surface area contributed by atoms with E-state index >= 15 is 0 Å². The first-order valence-corrected chi connectivity index (χ1v) is 6.70. The summed E-state index contributed by atoms with van der Waals surface area (Å²) in [5.74, 6) is 0.968. The highest BCUT2D eigenvalue weighted by Gasteiger charge is 2.23. The van der Waals surface area contributed by atoms with Gasteiger partial charge in [-0.1, -0.05) is 40.0 Å². The van der Waals surface area contributed by atoms with Crippen molar-refractivity contribution >= 4 is 0 Å². The highest BCUT2D eigenvalue weighted by Crippen LogP contribution is 2.30. The van der Waals surface area contributed by atoms with E-state index in [1.54, 1.807) is 0 Å². The second-order valence-corrected chi connectivity index (χ2v) is 6.39. The molecule has 0 heterocycles. The maximum absolute atomic E-state index is 3.53. The topological polar surface area (TPSA) is 12.0 Å². The largest absolute Gasteiger partial charge is 0.317 e. The van der Waals surface area contributed by atoms with Crippen molar-refractivity contribution in [3.8, 4) is 0 Å². The molecule has 1 unspecified atom stereocenters. The molecule has 1 atom stereocenters. The molecule has 1 N–H and O–H groups in total. The molecule has 0 aromatic heterocycles. The fourth-order valence-electron chi connectivity index (χ4n) is 2.83. The van der Waals surface area contributed by atoms with Crippen LogP contribution in [0.15, 0.2) is 0 Å². The highest BCUT2D eigenvalue weighted by molar-refractivity contribution is 4.80. The second kappa shape index (κ2) is 5.89. The van der Waals surface area contributed by atoms with E-state index in [0.717, 1.165) is 12.0 Å². The van der Waals surface area contributed by atoms with Crippen LogP contribution in [0.1, 0.15) is 65.7 Å². The number of rotatable bonds is 5. The third kappa shape index (κ3) is 5.01. The molecule has 1 aliphatic rings. The zero-order valence-electron chi connectivity index (χ0n) is 11.1. The van der Waals surface area contributed by atoms with Crippen LogP contribution in [0.3, 0.4) is 0 Å². The summed E-state index contributed by atoms with van der Waals surface area (Å²) in [6.45, 7) is 7.03. The van der Waals surface area contributed by atoms with Crippen molar-refractivity contribution in [2.75, 3.05) is 7.05 Å². The van der Waals surface area contributed by atoms with Crippen molar-refractivity contribution in [1.82, 2.24) is 5.32 Å². The number of hydrogen-bond acceptors (Lipinski definition) is 1. The van der Waals surface area contributed by atoms with Crippen LogP contribution in [-0.2, 0) is 0 Å². The third-order valence-electron chi connectivity index (χ3n) is 3.78. The minimum atomic E-state index is 0.508. The second-order valence-electron chi connectivity index (χ2n) is 6.39. The van der Waals surface area contributed by atoms with Crippen molar-refractivity contribution in [2.24, 2.45) is 11.3 Å². The first-order valence-electron chi connectivity index (χ1n) is 6.70. The van der Waals surface area contributed by atoms with Gasteiger partial charge in [0.2, 0.25) is 0 Å². The Morgan fingerprint density at radius 3 is 2.27 bits per heavy atom. The molecular formula is C14H29N. The van der Waals surface area contributed by atoms with Crippen molar-refractivity contribution in [3.05, 3.63) is 0 Å². The average molecular weight is 211 g/mol.